The quantitative estimate of drug-likeness (QED) is 0.398. The number of carbonyl (C=O) groups excluding carboxylic acids is 1. The highest BCUT2D eigenvalue weighted by atomic mass is 16.7. The van der Waals surface area contributed by atoms with Gasteiger partial charge in [0.2, 0.25) is 0 Å². The van der Waals surface area contributed by atoms with Gasteiger partial charge in [-0.25, -0.2) is 0 Å². The first-order valence-electron chi connectivity index (χ1n) is 5.52. The van der Waals surface area contributed by atoms with Crippen LogP contribution in [0.5, 0.6) is 0 Å². The lowest BCUT2D eigenvalue weighted by molar-refractivity contribution is -0.321. The van der Waals surface area contributed by atoms with Gasteiger partial charge >= 0.3 is 0 Å². The van der Waals surface area contributed by atoms with Crippen LogP contribution < -0.4 is 5.11 Å². The molecule has 8 nitrogen and oxygen atoms in total. The molecule has 0 aromatic rings. The molecule has 0 saturated carbocycles. The van der Waals surface area contributed by atoms with E-state index in [1.165, 1.54) is 6.92 Å². The summed E-state index contributed by atoms with van der Waals surface area (Å²) in [4.78, 5) is 10.3. The molecular formula is C10H17O8-. The van der Waals surface area contributed by atoms with Gasteiger partial charge in [0.1, 0.15) is 24.4 Å². The molecule has 0 aromatic carbocycles. The summed E-state index contributed by atoms with van der Waals surface area (Å²) in [5.74, 6) is -1.33. The van der Waals surface area contributed by atoms with Crippen LogP contribution in [0.1, 0.15) is 13.3 Å². The van der Waals surface area contributed by atoms with E-state index in [2.05, 4.69) is 0 Å². The Morgan fingerprint density at radius 3 is 2.44 bits per heavy atom. The van der Waals surface area contributed by atoms with Gasteiger partial charge in [0.25, 0.3) is 0 Å². The number of rotatable bonds is 5. The number of ether oxygens (including phenoxy) is 2. The van der Waals surface area contributed by atoms with E-state index >= 15 is 0 Å². The maximum atomic E-state index is 10.3. The molecule has 6 atom stereocenters. The van der Waals surface area contributed by atoms with Crippen molar-refractivity contribution in [2.24, 2.45) is 0 Å². The third-order valence-electron chi connectivity index (χ3n) is 2.67. The van der Waals surface area contributed by atoms with Crippen molar-refractivity contribution in [3.8, 4) is 0 Å². The summed E-state index contributed by atoms with van der Waals surface area (Å²) in [6.45, 7) is 0.858. The van der Waals surface area contributed by atoms with Crippen molar-refractivity contribution in [3.05, 3.63) is 0 Å². The van der Waals surface area contributed by atoms with Crippen LogP contribution in [-0.2, 0) is 14.3 Å². The number of carbonyl (C=O) groups is 1. The highest BCUT2D eigenvalue weighted by Gasteiger charge is 2.44. The molecule has 3 unspecified atom stereocenters. The summed E-state index contributed by atoms with van der Waals surface area (Å²) in [7, 11) is 0. The summed E-state index contributed by atoms with van der Waals surface area (Å²) in [6, 6.07) is 0. The molecule has 1 aliphatic rings. The average molecular weight is 265 g/mol. The van der Waals surface area contributed by atoms with Crippen LogP contribution in [0.2, 0.25) is 0 Å². The molecule has 18 heavy (non-hydrogen) atoms. The Morgan fingerprint density at radius 2 is 1.94 bits per heavy atom. The zero-order valence-electron chi connectivity index (χ0n) is 9.80. The van der Waals surface area contributed by atoms with E-state index in [9.17, 15) is 25.2 Å². The first-order valence-corrected chi connectivity index (χ1v) is 5.52. The number of aliphatic carboxylic acids is 1. The predicted molar refractivity (Wildman–Crippen MR) is 53.9 cm³/mol. The largest absolute Gasteiger partial charge is 0.550 e. The lowest BCUT2D eigenvalue weighted by atomic mass is 9.99. The molecule has 0 bridgehead atoms. The summed E-state index contributed by atoms with van der Waals surface area (Å²) in [5.41, 5.74) is 0. The van der Waals surface area contributed by atoms with Gasteiger partial charge < -0.3 is 39.8 Å². The van der Waals surface area contributed by atoms with E-state index in [1.54, 1.807) is 0 Å². The Morgan fingerprint density at radius 1 is 1.33 bits per heavy atom. The Balaban J connectivity index is 2.61. The van der Waals surface area contributed by atoms with Crippen LogP contribution in [0, 0.1) is 0 Å². The summed E-state index contributed by atoms with van der Waals surface area (Å²) in [5, 5.41) is 47.8. The smallest absolute Gasteiger partial charge is 0.186 e. The maximum Gasteiger partial charge on any atom is 0.186 e. The topological polar surface area (TPSA) is 140 Å². The van der Waals surface area contributed by atoms with Gasteiger partial charge in [-0.2, -0.15) is 0 Å². The predicted octanol–water partition coefficient (Wildman–Crippen LogP) is -3.67. The van der Waals surface area contributed by atoms with Crippen molar-refractivity contribution in [1.29, 1.82) is 0 Å². The van der Waals surface area contributed by atoms with Crippen molar-refractivity contribution in [2.75, 3.05) is 6.61 Å². The SMILES string of the molecule is CC(CC(=O)[O-])O[C@@H]1OC(CO)[C@H](O)[C@H](O)C1O. The number of carboxylic acid groups (broad SMARTS) is 1. The van der Waals surface area contributed by atoms with Crippen molar-refractivity contribution in [3.63, 3.8) is 0 Å². The normalized spacial score (nSPS) is 38.4. The number of hydrogen-bond acceptors (Lipinski definition) is 8. The highest BCUT2D eigenvalue weighted by molar-refractivity contribution is 5.64. The van der Waals surface area contributed by atoms with Crippen LogP contribution >= 0.6 is 0 Å². The monoisotopic (exact) mass is 265 g/mol. The number of aliphatic hydroxyl groups excluding tert-OH is 4. The Hall–Kier alpha value is -0.770. The second kappa shape index (κ2) is 6.41. The van der Waals surface area contributed by atoms with E-state index in [-0.39, 0.29) is 0 Å². The minimum absolute atomic E-state index is 0.408. The molecule has 0 radical (unpaired) electrons. The first-order chi connectivity index (χ1) is 8.36. The van der Waals surface area contributed by atoms with E-state index in [0.717, 1.165) is 0 Å². The van der Waals surface area contributed by atoms with Gasteiger partial charge in [-0.05, 0) is 6.92 Å². The molecule has 1 saturated heterocycles. The second-order valence-electron chi connectivity index (χ2n) is 4.22. The summed E-state index contributed by atoms with van der Waals surface area (Å²) < 4.78 is 10.1. The number of aliphatic hydroxyl groups is 4. The van der Waals surface area contributed by atoms with E-state index in [1.807, 2.05) is 0 Å². The van der Waals surface area contributed by atoms with E-state index in [0.29, 0.717) is 0 Å². The molecular weight excluding hydrogens is 248 g/mol. The molecule has 1 rings (SSSR count). The fourth-order valence-electron chi connectivity index (χ4n) is 1.69. The molecule has 0 spiro atoms. The fourth-order valence-corrected chi connectivity index (χ4v) is 1.69. The lowest BCUT2D eigenvalue weighted by Crippen LogP contribution is -2.59. The summed E-state index contributed by atoms with van der Waals surface area (Å²) >= 11 is 0. The van der Waals surface area contributed by atoms with E-state index < -0.39 is 55.8 Å². The molecule has 0 aromatic heterocycles. The minimum Gasteiger partial charge on any atom is -0.550 e. The Labute approximate surface area is 103 Å². The van der Waals surface area contributed by atoms with Crippen molar-refractivity contribution in [2.45, 2.75) is 50.2 Å². The van der Waals surface area contributed by atoms with E-state index in [4.69, 9.17) is 14.6 Å². The third-order valence-corrected chi connectivity index (χ3v) is 2.67. The fraction of sp³-hybridized carbons (Fsp3) is 0.900. The molecule has 8 heteroatoms. The van der Waals surface area contributed by atoms with Crippen molar-refractivity contribution in [1.82, 2.24) is 0 Å². The van der Waals surface area contributed by atoms with Crippen LogP contribution in [-0.4, -0.2) is 69.8 Å². The number of hydrogen-bond donors (Lipinski definition) is 4. The third kappa shape index (κ3) is 3.61. The molecule has 1 heterocycles. The van der Waals surface area contributed by atoms with Crippen molar-refractivity contribution >= 4 is 5.97 Å². The van der Waals surface area contributed by atoms with Crippen LogP contribution in [0.25, 0.3) is 0 Å². The molecule has 0 amide bonds. The second-order valence-corrected chi connectivity index (χ2v) is 4.22. The minimum atomic E-state index is -1.55. The highest BCUT2D eigenvalue weighted by Crippen LogP contribution is 2.23. The molecule has 0 aliphatic carbocycles. The van der Waals surface area contributed by atoms with Crippen molar-refractivity contribution < 1.29 is 39.8 Å². The molecule has 106 valence electrons. The van der Waals surface area contributed by atoms with Crippen LogP contribution in [0.15, 0.2) is 0 Å². The molecule has 4 N–H and O–H groups in total. The standard InChI is InChI=1S/C10H18O8/c1-4(2-6(12)13)17-10-9(16)8(15)7(14)5(3-11)18-10/h4-5,7-11,14-16H,2-3H2,1H3,(H,12,13)/p-1/t4?,5?,7-,8-,9?,10+/m0/s1. The van der Waals surface area contributed by atoms with Gasteiger partial charge in [0, 0.05) is 12.4 Å². The Kier molecular flexibility index (Phi) is 5.45. The molecule has 1 aliphatic heterocycles. The first kappa shape index (κ1) is 15.3. The zero-order valence-corrected chi connectivity index (χ0v) is 9.80. The van der Waals surface area contributed by atoms with Gasteiger partial charge in [-0.15, -0.1) is 0 Å². The van der Waals surface area contributed by atoms with Gasteiger partial charge in [-0.1, -0.05) is 0 Å². The van der Waals surface area contributed by atoms with Crippen LogP contribution in [0.3, 0.4) is 0 Å². The van der Waals surface area contributed by atoms with Gasteiger partial charge in [0.15, 0.2) is 6.29 Å². The molecule has 1 fully saturated rings. The van der Waals surface area contributed by atoms with Gasteiger partial charge in [-0.3, -0.25) is 0 Å². The zero-order chi connectivity index (χ0) is 13.9. The van der Waals surface area contributed by atoms with Gasteiger partial charge in [0.05, 0.1) is 12.7 Å². The lowest BCUT2D eigenvalue weighted by Gasteiger charge is -2.40. The van der Waals surface area contributed by atoms with Crippen LogP contribution in [0.4, 0.5) is 0 Å². The maximum absolute atomic E-state index is 10.3. The Bertz CT molecular complexity index is 281. The average Bonchev–Trinajstić information content (AvgIpc) is 2.29. The number of carboxylic acids is 1. The summed E-state index contributed by atoms with van der Waals surface area (Å²) in [6.07, 6.45) is -8.17.